The molecule has 0 spiro atoms. The van der Waals surface area contributed by atoms with Crippen LogP contribution in [0.25, 0.3) is 0 Å². The molecule has 0 aliphatic rings. The van der Waals surface area contributed by atoms with Gasteiger partial charge in [-0.1, -0.05) is 12.1 Å². The Bertz CT molecular complexity index is 408. The third kappa shape index (κ3) is 4.99. The minimum Gasteiger partial charge on any atom is -0.497 e. The lowest BCUT2D eigenvalue weighted by Crippen LogP contribution is -2.54. The van der Waals surface area contributed by atoms with Crippen molar-refractivity contribution in [2.45, 2.75) is 38.3 Å². The van der Waals surface area contributed by atoms with Crippen molar-refractivity contribution in [1.29, 1.82) is 0 Å². The van der Waals surface area contributed by atoms with E-state index in [1.165, 1.54) is 5.56 Å². The molecule has 1 aromatic carbocycles. The van der Waals surface area contributed by atoms with Crippen molar-refractivity contribution in [2.24, 2.45) is 5.73 Å². The van der Waals surface area contributed by atoms with Crippen LogP contribution in [-0.4, -0.2) is 50.9 Å². The van der Waals surface area contributed by atoms with Gasteiger partial charge in [-0.2, -0.15) is 0 Å². The second kappa shape index (κ2) is 8.37. The minimum atomic E-state index is -0.0299. The van der Waals surface area contributed by atoms with Gasteiger partial charge in [0.15, 0.2) is 0 Å². The van der Waals surface area contributed by atoms with Crippen LogP contribution < -0.4 is 10.5 Å². The predicted molar refractivity (Wildman–Crippen MR) is 87.9 cm³/mol. The molecule has 2 atom stereocenters. The first-order valence-electron chi connectivity index (χ1n) is 7.51. The average Bonchev–Trinajstić information content (AvgIpc) is 2.52. The van der Waals surface area contributed by atoms with Crippen molar-refractivity contribution in [3.63, 3.8) is 0 Å². The molecule has 0 heterocycles. The highest BCUT2D eigenvalue weighted by Gasteiger charge is 2.30. The summed E-state index contributed by atoms with van der Waals surface area (Å²) in [6, 6.07) is 8.60. The van der Waals surface area contributed by atoms with Crippen LogP contribution in [0.5, 0.6) is 5.75 Å². The van der Waals surface area contributed by atoms with E-state index in [0.717, 1.165) is 18.6 Å². The zero-order valence-corrected chi connectivity index (χ0v) is 14.1. The molecule has 120 valence electrons. The first kappa shape index (κ1) is 18.0. The van der Waals surface area contributed by atoms with Gasteiger partial charge in [0, 0.05) is 25.2 Å². The monoisotopic (exact) mass is 294 g/mol. The van der Waals surface area contributed by atoms with Crippen LogP contribution in [0.15, 0.2) is 24.3 Å². The van der Waals surface area contributed by atoms with Crippen molar-refractivity contribution in [3.8, 4) is 5.75 Å². The molecular weight excluding hydrogens is 264 g/mol. The van der Waals surface area contributed by atoms with Crippen molar-refractivity contribution in [3.05, 3.63) is 29.8 Å². The molecule has 2 unspecified atom stereocenters. The van der Waals surface area contributed by atoms with Gasteiger partial charge in [-0.25, -0.2) is 0 Å². The van der Waals surface area contributed by atoms with Crippen LogP contribution >= 0.6 is 0 Å². The lowest BCUT2D eigenvalue weighted by molar-refractivity contribution is 0.0429. The van der Waals surface area contributed by atoms with E-state index in [2.05, 4.69) is 37.9 Å². The second-order valence-corrected chi connectivity index (χ2v) is 5.96. The molecule has 0 bridgehead atoms. The summed E-state index contributed by atoms with van der Waals surface area (Å²) in [6.45, 7) is 5.75. The standard InChI is InChI=1S/C17H30N2O2/c1-14(12-20-4)19(3)17(2,13-18)11-10-15-6-8-16(21-5)9-7-15/h6-9,14H,10-13,18H2,1-5H3. The van der Waals surface area contributed by atoms with E-state index >= 15 is 0 Å². The zero-order chi connectivity index (χ0) is 15.9. The molecule has 1 rings (SSSR count). The number of methoxy groups -OCH3 is 2. The first-order valence-corrected chi connectivity index (χ1v) is 7.51. The Morgan fingerprint density at radius 2 is 1.86 bits per heavy atom. The summed E-state index contributed by atoms with van der Waals surface area (Å²) in [5.41, 5.74) is 7.33. The molecule has 0 amide bonds. The molecular formula is C17H30N2O2. The number of rotatable bonds is 9. The first-order chi connectivity index (χ1) is 9.96. The summed E-state index contributed by atoms with van der Waals surface area (Å²) < 4.78 is 10.4. The topological polar surface area (TPSA) is 47.7 Å². The van der Waals surface area contributed by atoms with Gasteiger partial charge in [0.05, 0.1) is 13.7 Å². The highest BCUT2D eigenvalue weighted by atomic mass is 16.5. The number of hydrogen-bond acceptors (Lipinski definition) is 4. The maximum absolute atomic E-state index is 6.05. The van der Waals surface area contributed by atoms with E-state index in [9.17, 15) is 0 Å². The minimum absolute atomic E-state index is 0.0299. The molecule has 0 aliphatic heterocycles. The molecule has 1 aromatic rings. The highest BCUT2D eigenvalue weighted by Crippen LogP contribution is 2.23. The van der Waals surface area contributed by atoms with E-state index in [1.54, 1.807) is 14.2 Å². The Hall–Kier alpha value is -1.10. The van der Waals surface area contributed by atoms with Gasteiger partial charge in [-0.3, -0.25) is 4.90 Å². The number of aryl methyl sites for hydroxylation is 1. The zero-order valence-electron chi connectivity index (χ0n) is 14.1. The van der Waals surface area contributed by atoms with Crippen LogP contribution in [0.2, 0.25) is 0 Å². The molecule has 2 N–H and O–H groups in total. The van der Waals surface area contributed by atoms with Crippen LogP contribution in [0, 0.1) is 0 Å². The number of benzene rings is 1. The number of ether oxygens (including phenoxy) is 2. The summed E-state index contributed by atoms with van der Waals surface area (Å²) in [5.74, 6) is 0.895. The van der Waals surface area contributed by atoms with Crippen LogP contribution in [0.3, 0.4) is 0 Å². The average molecular weight is 294 g/mol. The Kier molecular flexibility index (Phi) is 7.15. The smallest absolute Gasteiger partial charge is 0.118 e. The van der Waals surface area contributed by atoms with E-state index in [-0.39, 0.29) is 5.54 Å². The van der Waals surface area contributed by atoms with Gasteiger partial charge >= 0.3 is 0 Å². The Labute approximate surface area is 129 Å². The number of likely N-dealkylation sites (N-methyl/N-ethyl adjacent to an activating group) is 1. The molecule has 0 saturated carbocycles. The Morgan fingerprint density at radius 1 is 1.24 bits per heavy atom. The quantitative estimate of drug-likeness (QED) is 0.759. The number of nitrogens with zero attached hydrogens (tertiary/aromatic N) is 1. The summed E-state index contributed by atoms with van der Waals surface area (Å²) in [4.78, 5) is 2.33. The second-order valence-electron chi connectivity index (χ2n) is 5.96. The van der Waals surface area contributed by atoms with Crippen LogP contribution in [0.1, 0.15) is 25.8 Å². The van der Waals surface area contributed by atoms with E-state index in [0.29, 0.717) is 19.2 Å². The van der Waals surface area contributed by atoms with Crippen LogP contribution in [0.4, 0.5) is 0 Å². The summed E-state index contributed by atoms with van der Waals surface area (Å²) in [7, 11) is 5.55. The Morgan fingerprint density at radius 3 is 2.33 bits per heavy atom. The third-order valence-corrected chi connectivity index (χ3v) is 4.47. The maximum Gasteiger partial charge on any atom is 0.118 e. The van der Waals surface area contributed by atoms with Gasteiger partial charge in [-0.05, 0) is 51.4 Å². The molecule has 0 radical (unpaired) electrons. The fraction of sp³-hybridized carbons (Fsp3) is 0.647. The predicted octanol–water partition coefficient (Wildman–Crippen LogP) is 2.31. The Balaban J connectivity index is 2.66. The van der Waals surface area contributed by atoms with Gasteiger partial charge < -0.3 is 15.2 Å². The van der Waals surface area contributed by atoms with Crippen molar-refractivity contribution in [1.82, 2.24) is 4.90 Å². The maximum atomic E-state index is 6.05. The number of hydrogen-bond donors (Lipinski definition) is 1. The largest absolute Gasteiger partial charge is 0.497 e. The molecule has 4 heteroatoms. The lowest BCUT2D eigenvalue weighted by Gasteiger charge is -2.42. The van der Waals surface area contributed by atoms with Crippen molar-refractivity contribution >= 4 is 0 Å². The lowest BCUT2D eigenvalue weighted by atomic mass is 9.90. The molecule has 21 heavy (non-hydrogen) atoms. The fourth-order valence-corrected chi connectivity index (χ4v) is 2.51. The summed E-state index contributed by atoms with van der Waals surface area (Å²) in [5, 5.41) is 0. The fourth-order valence-electron chi connectivity index (χ4n) is 2.51. The number of nitrogens with two attached hydrogens (primary N) is 1. The van der Waals surface area contributed by atoms with Gasteiger partial charge in [0.1, 0.15) is 5.75 Å². The molecule has 0 aliphatic carbocycles. The van der Waals surface area contributed by atoms with Gasteiger partial charge in [-0.15, -0.1) is 0 Å². The van der Waals surface area contributed by atoms with E-state index in [4.69, 9.17) is 15.2 Å². The molecule has 4 nitrogen and oxygen atoms in total. The highest BCUT2D eigenvalue weighted by molar-refractivity contribution is 5.27. The van der Waals surface area contributed by atoms with Gasteiger partial charge in [0.25, 0.3) is 0 Å². The van der Waals surface area contributed by atoms with Crippen molar-refractivity contribution in [2.75, 3.05) is 34.4 Å². The summed E-state index contributed by atoms with van der Waals surface area (Å²) in [6.07, 6.45) is 2.02. The van der Waals surface area contributed by atoms with Crippen LogP contribution in [-0.2, 0) is 11.2 Å². The van der Waals surface area contributed by atoms with Crippen molar-refractivity contribution < 1.29 is 9.47 Å². The third-order valence-electron chi connectivity index (χ3n) is 4.47. The normalized spacial score (nSPS) is 15.8. The molecule has 0 aromatic heterocycles. The summed E-state index contributed by atoms with van der Waals surface area (Å²) >= 11 is 0. The molecule has 0 fully saturated rings. The van der Waals surface area contributed by atoms with Gasteiger partial charge in [0.2, 0.25) is 0 Å². The van der Waals surface area contributed by atoms with E-state index < -0.39 is 0 Å². The van der Waals surface area contributed by atoms with E-state index in [1.807, 2.05) is 12.1 Å². The SMILES string of the molecule is COCC(C)N(C)C(C)(CN)CCc1ccc(OC)cc1. The molecule has 0 saturated heterocycles.